The molecule has 1 aromatic heterocycles. The van der Waals surface area contributed by atoms with E-state index in [0.29, 0.717) is 5.82 Å². The van der Waals surface area contributed by atoms with Gasteiger partial charge in [-0.3, -0.25) is 10.1 Å². The van der Waals surface area contributed by atoms with Gasteiger partial charge in [0.1, 0.15) is 5.82 Å². The fourth-order valence-electron chi connectivity index (χ4n) is 1.30. The van der Waals surface area contributed by atoms with E-state index in [4.69, 9.17) is 0 Å². The number of anilines is 2. The average molecular weight is 294 g/mol. The van der Waals surface area contributed by atoms with Crippen LogP contribution in [0, 0.1) is 10.1 Å². The second-order valence-corrected chi connectivity index (χ2v) is 4.12. The lowest BCUT2D eigenvalue weighted by Crippen LogP contribution is -1.96. The molecule has 0 spiro atoms. The zero-order valence-corrected chi connectivity index (χ0v) is 10.2. The Labute approximate surface area is 106 Å². The highest BCUT2D eigenvalue weighted by atomic mass is 79.9. The zero-order valence-electron chi connectivity index (χ0n) is 8.63. The molecule has 0 saturated carbocycles. The maximum Gasteiger partial charge on any atom is 0.274 e. The Morgan fingerprint density at radius 1 is 1.29 bits per heavy atom. The molecule has 17 heavy (non-hydrogen) atoms. The van der Waals surface area contributed by atoms with Gasteiger partial charge in [-0.15, -0.1) is 0 Å². The van der Waals surface area contributed by atoms with Gasteiger partial charge >= 0.3 is 0 Å². The largest absolute Gasteiger partial charge is 0.339 e. The van der Waals surface area contributed by atoms with Crippen molar-refractivity contribution < 1.29 is 4.92 Å². The first-order valence-corrected chi connectivity index (χ1v) is 5.58. The van der Waals surface area contributed by atoms with Crippen molar-refractivity contribution in [2.75, 3.05) is 5.32 Å². The first-order chi connectivity index (χ1) is 8.16. The Bertz CT molecular complexity index is 560. The molecule has 6 heteroatoms. The zero-order chi connectivity index (χ0) is 12.3. The molecular formula is C11H8BrN3O2. The Morgan fingerprint density at radius 3 is 2.76 bits per heavy atom. The molecule has 2 rings (SSSR count). The van der Waals surface area contributed by atoms with Crippen LogP contribution in [0.2, 0.25) is 0 Å². The molecule has 0 amide bonds. The van der Waals surface area contributed by atoms with Crippen molar-refractivity contribution in [3.05, 3.63) is 57.2 Å². The lowest BCUT2D eigenvalue weighted by atomic mass is 10.3. The summed E-state index contributed by atoms with van der Waals surface area (Å²) in [5.41, 5.74) is 0.815. The Morgan fingerprint density at radius 2 is 2.06 bits per heavy atom. The summed E-state index contributed by atoms with van der Waals surface area (Å²) >= 11 is 3.38. The molecule has 0 bridgehead atoms. The van der Waals surface area contributed by atoms with E-state index in [1.165, 1.54) is 18.3 Å². The molecule has 2 aromatic rings. The number of nitrogens with zero attached hydrogens (tertiary/aromatic N) is 2. The van der Waals surface area contributed by atoms with E-state index in [1.807, 2.05) is 24.3 Å². The number of benzene rings is 1. The monoisotopic (exact) mass is 293 g/mol. The maximum atomic E-state index is 10.6. The van der Waals surface area contributed by atoms with Crippen LogP contribution in [0.3, 0.4) is 0 Å². The summed E-state index contributed by atoms with van der Waals surface area (Å²) in [5.74, 6) is 0.436. The number of nitrogens with one attached hydrogen (secondary N) is 1. The van der Waals surface area contributed by atoms with Crippen LogP contribution in [-0.2, 0) is 0 Å². The van der Waals surface area contributed by atoms with Crippen molar-refractivity contribution in [2.24, 2.45) is 0 Å². The Kier molecular flexibility index (Phi) is 3.34. The predicted molar refractivity (Wildman–Crippen MR) is 68.3 cm³/mol. The maximum absolute atomic E-state index is 10.6. The van der Waals surface area contributed by atoms with Crippen molar-refractivity contribution in [1.29, 1.82) is 0 Å². The van der Waals surface area contributed by atoms with E-state index in [-0.39, 0.29) is 5.69 Å². The lowest BCUT2D eigenvalue weighted by molar-refractivity contribution is -0.384. The molecule has 0 aliphatic carbocycles. The topological polar surface area (TPSA) is 68.1 Å². The number of para-hydroxylation sites is 1. The molecule has 1 heterocycles. The Hall–Kier alpha value is -1.95. The summed E-state index contributed by atoms with van der Waals surface area (Å²) < 4.78 is 0.869. The van der Waals surface area contributed by atoms with Crippen LogP contribution in [0.25, 0.3) is 0 Å². The van der Waals surface area contributed by atoms with E-state index < -0.39 is 4.92 Å². The smallest absolute Gasteiger partial charge is 0.274 e. The fourth-order valence-corrected chi connectivity index (χ4v) is 1.69. The molecule has 5 nitrogen and oxygen atoms in total. The third kappa shape index (κ3) is 2.79. The normalized spacial score (nSPS) is 9.94. The summed E-state index contributed by atoms with van der Waals surface area (Å²) in [6, 6.07) is 10.2. The van der Waals surface area contributed by atoms with Crippen LogP contribution in [0.4, 0.5) is 17.2 Å². The van der Waals surface area contributed by atoms with E-state index in [1.54, 1.807) is 0 Å². The first kappa shape index (κ1) is 11.5. The number of halogens is 1. The Balaban J connectivity index is 2.28. The van der Waals surface area contributed by atoms with Crippen LogP contribution in [0.5, 0.6) is 0 Å². The molecule has 0 radical (unpaired) electrons. The first-order valence-electron chi connectivity index (χ1n) is 4.79. The van der Waals surface area contributed by atoms with Crippen molar-refractivity contribution in [1.82, 2.24) is 4.98 Å². The molecule has 0 fully saturated rings. The van der Waals surface area contributed by atoms with Gasteiger partial charge < -0.3 is 5.32 Å². The number of aromatic nitrogens is 1. The number of hydrogen-bond donors (Lipinski definition) is 1. The molecule has 0 atom stereocenters. The van der Waals surface area contributed by atoms with Crippen LogP contribution < -0.4 is 5.32 Å². The minimum absolute atomic E-state index is 0.00885. The summed E-state index contributed by atoms with van der Waals surface area (Å²) in [6.45, 7) is 0. The third-order valence-electron chi connectivity index (χ3n) is 2.09. The summed E-state index contributed by atoms with van der Waals surface area (Å²) in [4.78, 5) is 14.2. The van der Waals surface area contributed by atoms with Crippen LogP contribution in [-0.4, -0.2) is 9.91 Å². The van der Waals surface area contributed by atoms with E-state index >= 15 is 0 Å². The number of hydrogen-bond acceptors (Lipinski definition) is 4. The average Bonchev–Trinajstić information content (AvgIpc) is 2.32. The summed E-state index contributed by atoms with van der Waals surface area (Å²) in [6.07, 6.45) is 1.40. The standard InChI is InChI=1S/C11H8BrN3O2/c12-9-3-1-2-4-10(9)14-11-7-8(15(16)17)5-6-13-11/h1-7H,(H,13,14). The second-order valence-electron chi connectivity index (χ2n) is 3.26. The molecule has 86 valence electrons. The van der Waals surface area contributed by atoms with Gasteiger partial charge in [0.15, 0.2) is 0 Å². The van der Waals surface area contributed by atoms with Gasteiger partial charge in [0.05, 0.1) is 16.7 Å². The van der Waals surface area contributed by atoms with Crippen molar-refractivity contribution >= 4 is 33.1 Å². The van der Waals surface area contributed by atoms with Gasteiger partial charge in [0.25, 0.3) is 5.69 Å². The highest BCUT2D eigenvalue weighted by Gasteiger charge is 2.07. The van der Waals surface area contributed by atoms with E-state index in [0.717, 1.165) is 10.2 Å². The number of pyridine rings is 1. The number of nitro groups is 1. The van der Waals surface area contributed by atoms with Crippen LogP contribution >= 0.6 is 15.9 Å². The van der Waals surface area contributed by atoms with Crippen LogP contribution in [0.15, 0.2) is 47.1 Å². The van der Waals surface area contributed by atoms with Crippen molar-refractivity contribution in [3.8, 4) is 0 Å². The molecule has 1 aromatic carbocycles. The highest BCUT2D eigenvalue weighted by Crippen LogP contribution is 2.25. The highest BCUT2D eigenvalue weighted by molar-refractivity contribution is 9.10. The second kappa shape index (κ2) is 4.92. The van der Waals surface area contributed by atoms with Gasteiger partial charge in [-0.1, -0.05) is 12.1 Å². The third-order valence-corrected chi connectivity index (χ3v) is 2.78. The van der Waals surface area contributed by atoms with Crippen molar-refractivity contribution in [3.63, 3.8) is 0 Å². The quantitative estimate of drug-likeness (QED) is 0.695. The van der Waals surface area contributed by atoms with Gasteiger partial charge in [0, 0.05) is 16.7 Å². The summed E-state index contributed by atoms with van der Waals surface area (Å²) in [5, 5.41) is 13.6. The van der Waals surface area contributed by atoms with Gasteiger partial charge in [-0.05, 0) is 28.1 Å². The predicted octanol–water partition coefficient (Wildman–Crippen LogP) is 3.50. The molecular weight excluding hydrogens is 286 g/mol. The van der Waals surface area contributed by atoms with Gasteiger partial charge in [-0.25, -0.2) is 4.98 Å². The van der Waals surface area contributed by atoms with Crippen molar-refractivity contribution in [2.45, 2.75) is 0 Å². The van der Waals surface area contributed by atoms with Gasteiger partial charge in [0.2, 0.25) is 0 Å². The molecule has 0 saturated heterocycles. The summed E-state index contributed by atoms with van der Waals surface area (Å²) in [7, 11) is 0. The molecule has 0 unspecified atom stereocenters. The fraction of sp³-hybridized carbons (Fsp3) is 0. The SMILES string of the molecule is O=[N+]([O-])c1ccnc(Nc2ccccc2Br)c1. The molecule has 1 N–H and O–H groups in total. The van der Waals surface area contributed by atoms with Crippen LogP contribution in [0.1, 0.15) is 0 Å². The minimum Gasteiger partial charge on any atom is -0.339 e. The molecule has 0 aliphatic rings. The lowest BCUT2D eigenvalue weighted by Gasteiger charge is -2.06. The van der Waals surface area contributed by atoms with E-state index in [2.05, 4.69) is 26.2 Å². The number of rotatable bonds is 3. The van der Waals surface area contributed by atoms with E-state index in [9.17, 15) is 10.1 Å². The minimum atomic E-state index is -0.451. The van der Waals surface area contributed by atoms with Gasteiger partial charge in [-0.2, -0.15) is 0 Å². The molecule has 0 aliphatic heterocycles.